The van der Waals surface area contributed by atoms with E-state index < -0.39 is 17.4 Å². The lowest BCUT2D eigenvalue weighted by Gasteiger charge is -2.35. The summed E-state index contributed by atoms with van der Waals surface area (Å²) in [6.45, 7) is 3.90. The highest BCUT2D eigenvalue weighted by molar-refractivity contribution is 5.71. The normalized spacial score (nSPS) is 17.8. The molecule has 162 valence electrons. The highest BCUT2D eigenvalue weighted by atomic mass is 19.1. The first kappa shape index (κ1) is 20.1. The largest absolute Gasteiger partial charge is 0.490 e. The molecule has 1 saturated carbocycles. The Hall–Kier alpha value is -2.85. The topological polar surface area (TPSA) is 57.5 Å². The van der Waals surface area contributed by atoms with Crippen molar-refractivity contribution in [3.8, 4) is 17.6 Å². The number of nitriles is 1. The number of nitrogens with one attached hydrogen (secondary N) is 1. The van der Waals surface area contributed by atoms with E-state index in [1.807, 2.05) is 0 Å². The van der Waals surface area contributed by atoms with Crippen LogP contribution in [0.25, 0.3) is 0 Å². The second kappa shape index (κ2) is 8.35. The third-order valence-electron chi connectivity index (χ3n) is 6.29. The maximum Gasteiger partial charge on any atom is 0.190 e. The van der Waals surface area contributed by atoms with Crippen molar-refractivity contribution in [3.63, 3.8) is 0 Å². The number of halogens is 2. The molecule has 0 atom stereocenters. The Balaban J connectivity index is 1.40. The average Bonchev–Trinajstić information content (AvgIpc) is 3.61. The van der Waals surface area contributed by atoms with Crippen molar-refractivity contribution in [2.24, 2.45) is 0 Å². The van der Waals surface area contributed by atoms with E-state index in [0.29, 0.717) is 25.6 Å². The van der Waals surface area contributed by atoms with Crippen LogP contribution < -0.4 is 19.7 Å². The molecule has 0 unspecified atom stereocenters. The van der Waals surface area contributed by atoms with Gasteiger partial charge >= 0.3 is 0 Å². The van der Waals surface area contributed by atoms with Gasteiger partial charge in [0, 0.05) is 0 Å². The van der Waals surface area contributed by atoms with E-state index in [2.05, 4.69) is 16.3 Å². The zero-order chi connectivity index (χ0) is 21.4. The smallest absolute Gasteiger partial charge is 0.190 e. The summed E-state index contributed by atoms with van der Waals surface area (Å²) < 4.78 is 39.8. The molecule has 5 nitrogen and oxygen atoms in total. The molecule has 0 bridgehead atoms. The van der Waals surface area contributed by atoms with Crippen LogP contribution in [0, 0.1) is 23.0 Å². The number of anilines is 1. The van der Waals surface area contributed by atoms with Gasteiger partial charge in [-0.25, -0.2) is 8.78 Å². The molecule has 31 heavy (non-hydrogen) atoms. The van der Waals surface area contributed by atoms with E-state index in [1.165, 1.54) is 29.5 Å². The average molecular weight is 425 g/mol. The molecule has 0 saturated heterocycles. The lowest BCUT2D eigenvalue weighted by molar-refractivity contribution is 0.273. The first-order chi connectivity index (χ1) is 15.2. The van der Waals surface area contributed by atoms with Crippen LogP contribution in [0.15, 0.2) is 18.2 Å². The molecule has 5 rings (SSSR count). The molecule has 1 fully saturated rings. The fourth-order valence-electron chi connectivity index (χ4n) is 4.71. The molecule has 0 aromatic heterocycles. The molecule has 2 aliphatic heterocycles. The van der Waals surface area contributed by atoms with E-state index in [9.17, 15) is 8.78 Å². The first-order valence-electron chi connectivity index (χ1n) is 10.9. The first-order valence-corrected chi connectivity index (χ1v) is 10.9. The van der Waals surface area contributed by atoms with Crippen molar-refractivity contribution in [1.82, 2.24) is 5.32 Å². The Bertz CT molecular complexity index is 1020. The van der Waals surface area contributed by atoms with Crippen molar-refractivity contribution in [2.45, 2.75) is 31.6 Å². The van der Waals surface area contributed by atoms with Crippen LogP contribution in [-0.2, 0) is 12.8 Å². The molecule has 1 aliphatic carbocycles. The number of rotatable bonds is 5. The Morgan fingerprint density at radius 1 is 1.16 bits per heavy atom. The summed E-state index contributed by atoms with van der Waals surface area (Å²) in [6, 6.07) is 5.93. The van der Waals surface area contributed by atoms with Crippen molar-refractivity contribution < 1.29 is 18.3 Å². The summed E-state index contributed by atoms with van der Waals surface area (Å²) in [5.41, 5.74) is 5.32. The van der Waals surface area contributed by atoms with Gasteiger partial charge in [-0.05, 0) is 79.6 Å². The highest BCUT2D eigenvalue weighted by Gasteiger charge is 2.35. The van der Waals surface area contributed by atoms with Crippen molar-refractivity contribution in [3.05, 3.63) is 52.1 Å². The molecule has 2 aromatic carbocycles. The lowest BCUT2D eigenvalue weighted by atomic mass is 9.91. The quantitative estimate of drug-likeness (QED) is 0.792. The number of hydrogen-bond donors (Lipinski definition) is 1. The van der Waals surface area contributed by atoms with E-state index in [0.717, 1.165) is 49.5 Å². The van der Waals surface area contributed by atoms with Crippen molar-refractivity contribution >= 4 is 5.69 Å². The zero-order valence-corrected chi connectivity index (χ0v) is 17.3. The monoisotopic (exact) mass is 425 g/mol. The number of nitrogens with zero attached hydrogens (tertiary/aromatic N) is 2. The van der Waals surface area contributed by atoms with Gasteiger partial charge in [-0.2, -0.15) is 5.26 Å². The summed E-state index contributed by atoms with van der Waals surface area (Å²) in [4.78, 5) is 2.24. The molecule has 7 heteroatoms. The minimum absolute atomic E-state index is 0.0614. The standard InChI is InChI=1S/C24H25F2N3O2/c25-19-11-15(14-27)12-20(26)24(19)31-10-8-29-7-9-30-21-13-17-3-5-28-6-4-18(17)22(23(21)29)16-1-2-16/h11-13,16,28H,1-10H2. The van der Waals surface area contributed by atoms with Crippen molar-refractivity contribution in [2.75, 3.05) is 44.3 Å². The minimum Gasteiger partial charge on any atom is -0.490 e. The summed E-state index contributed by atoms with van der Waals surface area (Å²) in [6.07, 6.45) is 4.41. The molecule has 0 spiro atoms. The van der Waals surface area contributed by atoms with Gasteiger partial charge in [0.05, 0.1) is 30.4 Å². The molecular formula is C24H25F2N3O2. The predicted octanol–water partition coefficient (Wildman–Crippen LogP) is 3.68. The van der Waals surface area contributed by atoms with Crippen LogP contribution in [0.3, 0.4) is 0 Å². The van der Waals surface area contributed by atoms with E-state index in [-0.39, 0.29) is 12.2 Å². The molecule has 0 amide bonds. The number of hydrogen-bond acceptors (Lipinski definition) is 5. The van der Waals surface area contributed by atoms with Gasteiger partial charge in [0.15, 0.2) is 17.4 Å². The Morgan fingerprint density at radius 2 is 1.94 bits per heavy atom. The molecule has 1 N–H and O–H groups in total. The maximum atomic E-state index is 14.2. The zero-order valence-electron chi connectivity index (χ0n) is 17.3. The second-order valence-electron chi connectivity index (χ2n) is 8.36. The Labute approximate surface area is 180 Å². The van der Waals surface area contributed by atoms with Crippen LogP contribution in [0.1, 0.15) is 41.0 Å². The summed E-state index contributed by atoms with van der Waals surface area (Å²) in [5, 5.41) is 12.3. The second-order valence-corrected chi connectivity index (χ2v) is 8.36. The third kappa shape index (κ3) is 3.92. The summed E-state index contributed by atoms with van der Waals surface area (Å²) >= 11 is 0. The summed E-state index contributed by atoms with van der Waals surface area (Å²) in [7, 11) is 0. The van der Waals surface area contributed by atoms with Gasteiger partial charge in [-0.3, -0.25) is 0 Å². The van der Waals surface area contributed by atoms with Crippen molar-refractivity contribution in [1.29, 1.82) is 5.26 Å². The third-order valence-corrected chi connectivity index (χ3v) is 6.29. The van der Waals surface area contributed by atoms with E-state index in [1.54, 1.807) is 6.07 Å². The number of fused-ring (bicyclic) bond motifs is 2. The fourth-order valence-corrected chi connectivity index (χ4v) is 4.71. The van der Waals surface area contributed by atoms with Crippen LogP contribution in [0.5, 0.6) is 11.5 Å². The van der Waals surface area contributed by atoms with Gasteiger partial charge in [0.1, 0.15) is 19.0 Å². The highest BCUT2D eigenvalue weighted by Crippen LogP contribution is 2.51. The number of benzene rings is 2. The van der Waals surface area contributed by atoms with Gasteiger partial charge in [0.25, 0.3) is 0 Å². The Morgan fingerprint density at radius 3 is 2.68 bits per heavy atom. The van der Waals surface area contributed by atoms with Gasteiger partial charge < -0.3 is 19.7 Å². The molecule has 2 heterocycles. The predicted molar refractivity (Wildman–Crippen MR) is 113 cm³/mol. The minimum atomic E-state index is -0.851. The van der Waals surface area contributed by atoms with Crippen LogP contribution in [0.2, 0.25) is 0 Å². The molecule has 0 radical (unpaired) electrons. The maximum absolute atomic E-state index is 14.2. The van der Waals surface area contributed by atoms with Crippen LogP contribution in [-0.4, -0.2) is 39.4 Å². The molecule has 3 aliphatic rings. The van der Waals surface area contributed by atoms with E-state index >= 15 is 0 Å². The van der Waals surface area contributed by atoms with E-state index in [4.69, 9.17) is 14.7 Å². The SMILES string of the molecule is N#Cc1cc(F)c(OCCN2CCOc3cc4c(c(C5CC5)c32)CCNCC4)c(F)c1. The Kier molecular flexibility index (Phi) is 5.41. The van der Waals surface area contributed by atoms with Gasteiger partial charge in [0.2, 0.25) is 0 Å². The summed E-state index contributed by atoms with van der Waals surface area (Å²) in [5.74, 6) is -0.640. The van der Waals surface area contributed by atoms with Crippen LogP contribution >= 0.6 is 0 Å². The molecular weight excluding hydrogens is 400 g/mol. The number of ether oxygens (including phenoxy) is 2. The molecule has 2 aromatic rings. The van der Waals surface area contributed by atoms with Crippen LogP contribution in [0.4, 0.5) is 14.5 Å². The lowest BCUT2D eigenvalue weighted by Crippen LogP contribution is -2.37. The van der Waals surface area contributed by atoms with Gasteiger partial charge in [-0.1, -0.05) is 0 Å². The van der Waals surface area contributed by atoms with Gasteiger partial charge in [-0.15, -0.1) is 0 Å². The fraction of sp³-hybridized carbons (Fsp3) is 0.458.